The van der Waals surface area contributed by atoms with Crippen molar-refractivity contribution in [3.63, 3.8) is 0 Å². The summed E-state index contributed by atoms with van der Waals surface area (Å²) in [5.41, 5.74) is -0.279. The van der Waals surface area contributed by atoms with Crippen LogP contribution in [0.4, 0.5) is 0 Å². The summed E-state index contributed by atoms with van der Waals surface area (Å²) < 4.78 is 6.46. The van der Waals surface area contributed by atoms with Crippen LogP contribution >= 0.6 is 0 Å². The Morgan fingerprint density at radius 2 is 1.62 bits per heavy atom. The molecule has 2 N–H and O–H groups in total. The van der Waals surface area contributed by atoms with Crippen molar-refractivity contribution in [1.82, 2.24) is 0 Å². The molecule has 4 saturated carbocycles. The molecule has 3 nitrogen and oxygen atoms in total. The van der Waals surface area contributed by atoms with Crippen molar-refractivity contribution in [3.05, 3.63) is 11.6 Å². The van der Waals surface area contributed by atoms with Crippen LogP contribution in [0, 0.1) is 22.7 Å². The molecular weight excluding hydrogens is 300 g/mol. The number of allylic oxidation sites excluding steroid dienone is 1. The van der Waals surface area contributed by atoms with Gasteiger partial charge in [0.05, 0.1) is 11.2 Å². The maximum atomic E-state index is 11.1. The van der Waals surface area contributed by atoms with Gasteiger partial charge in [0.2, 0.25) is 0 Å². The molecule has 4 aliphatic carbocycles. The van der Waals surface area contributed by atoms with Crippen LogP contribution in [0.25, 0.3) is 0 Å². The zero-order chi connectivity index (χ0) is 18.0. The first kappa shape index (κ1) is 18.4. The van der Waals surface area contributed by atoms with E-state index in [0.29, 0.717) is 18.3 Å². The van der Waals surface area contributed by atoms with Crippen molar-refractivity contribution in [2.24, 2.45) is 22.7 Å². The second-order valence-corrected chi connectivity index (χ2v) is 10.6. The van der Waals surface area contributed by atoms with E-state index in [4.69, 9.17) is 4.74 Å². The Hall–Kier alpha value is -0.380. The largest absolute Gasteiger partial charge is 0.390 e. The molecule has 0 spiro atoms. The summed E-state index contributed by atoms with van der Waals surface area (Å²) in [6.45, 7) is 12.7. The fraction of sp³-hybridized carbons (Fsp3) is 0.905. The molecule has 24 heavy (non-hydrogen) atoms. The minimum absolute atomic E-state index is 0.122. The molecule has 0 radical (unpaired) electrons. The molecule has 0 aromatic rings. The predicted octanol–water partition coefficient (Wildman–Crippen LogP) is 4.42. The fourth-order valence-corrected chi connectivity index (χ4v) is 5.89. The SMILES string of the molecule is CC(C)=CC(C)(C(O)OC12CC3CC(CC(O)(C3)C1)C2)C(C)(C)C. The van der Waals surface area contributed by atoms with Gasteiger partial charge in [-0.3, -0.25) is 0 Å². The van der Waals surface area contributed by atoms with Crippen LogP contribution in [0.2, 0.25) is 0 Å². The van der Waals surface area contributed by atoms with Crippen LogP contribution in [0.1, 0.15) is 80.1 Å². The Morgan fingerprint density at radius 1 is 1.08 bits per heavy atom. The van der Waals surface area contributed by atoms with Gasteiger partial charge in [0, 0.05) is 11.8 Å². The Bertz CT molecular complexity index is 512. The van der Waals surface area contributed by atoms with Crippen molar-refractivity contribution in [2.75, 3.05) is 0 Å². The normalized spacial score (nSPS) is 41.8. The van der Waals surface area contributed by atoms with Gasteiger partial charge in [-0.05, 0) is 63.2 Å². The lowest BCUT2D eigenvalue weighted by molar-refractivity contribution is -0.298. The summed E-state index contributed by atoms with van der Waals surface area (Å²) in [5.74, 6) is 1.13. The van der Waals surface area contributed by atoms with Crippen molar-refractivity contribution in [1.29, 1.82) is 0 Å². The van der Waals surface area contributed by atoms with E-state index in [1.165, 1.54) is 12.0 Å². The molecule has 3 heteroatoms. The molecule has 0 aromatic carbocycles. The Balaban J connectivity index is 1.85. The smallest absolute Gasteiger partial charge is 0.164 e. The second-order valence-electron chi connectivity index (χ2n) is 10.6. The van der Waals surface area contributed by atoms with E-state index < -0.39 is 17.3 Å². The molecule has 4 rings (SSSR count). The first-order valence-electron chi connectivity index (χ1n) is 9.61. The topological polar surface area (TPSA) is 49.7 Å². The number of aliphatic hydroxyl groups is 2. The minimum Gasteiger partial charge on any atom is -0.390 e. The highest BCUT2D eigenvalue weighted by Crippen LogP contribution is 2.60. The standard InChI is InChI=1S/C21H36O3/c1-14(2)8-19(6,18(3,4)5)17(22)24-21-11-15-7-16(12-21)10-20(23,9-15)13-21/h8,15-17,22-23H,7,9-13H2,1-6H3. The van der Waals surface area contributed by atoms with E-state index >= 15 is 0 Å². The van der Waals surface area contributed by atoms with Crippen molar-refractivity contribution < 1.29 is 14.9 Å². The molecule has 4 fully saturated rings. The lowest BCUT2D eigenvalue weighted by Crippen LogP contribution is -2.62. The average Bonchev–Trinajstić information content (AvgIpc) is 2.32. The predicted molar refractivity (Wildman–Crippen MR) is 96.4 cm³/mol. The van der Waals surface area contributed by atoms with E-state index in [-0.39, 0.29) is 11.0 Å². The summed E-state index contributed by atoms with van der Waals surface area (Å²) in [6, 6.07) is 0. The third kappa shape index (κ3) is 3.08. The summed E-state index contributed by atoms with van der Waals surface area (Å²) in [5, 5.41) is 22.1. The molecule has 0 saturated heterocycles. The first-order chi connectivity index (χ1) is 10.9. The summed E-state index contributed by atoms with van der Waals surface area (Å²) >= 11 is 0. The van der Waals surface area contributed by atoms with Gasteiger partial charge in [0.1, 0.15) is 0 Å². The monoisotopic (exact) mass is 336 g/mol. The molecule has 138 valence electrons. The van der Waals surface area contributed by atoms with E-state index in [1.54, 1.807) is 0 Å². The lowest BCUT2D eigenvalue weighted by atomic mass is 9.52. The Kier molecular flexibility index (Phi) is 4.26. The van der Waals surface area contributed by atoms with Crippen LogP contribution in [0.3, 0.4) is 0 Å². The van der Waals surface area contributed by atoms with Crippen molar-refractivity contribution >= 4 is 0 Å². The number of hydrogen-bond acceptors (Lipinski definition) is 3. The zero-order valence-electron chi connectivity index (χ0n) is 16.4. The van der Waals surface area contributed by atoms with Gasteiger partial charge < -0.3 is 14.9 Å². The van der Waals surface area contributed by atoms with Crippen LogP contribution in [0.5, 0.6) is 0 Å². The molecule has 0 heterocycles. The third-order valence-corrected chi connectivity index (χ3v) is 7.06. The molecule has 4 aliphatic rings. The molecule has 0 amide bonds. The van der Waals surface area contributed by atoms with E-state index in [0.717, 1.165) is 25.7 Å². The second kappa shape index (κ2) is 5.56. The quantitative estimate of drug-likeness (QED) is 0.590. The highest BCUT2D eigenvalue weighted by atomic mass is 16.6. The number of ether oxygens (including phenoxy) is 1. The molecule has 4 bridgehead atoms. The van der Waals surface area contributed by atoms with Gasteiger partial charge in [-0.25, -0.2) is 0 Å². The molecule has 4 atom stereocenters. The lowest BCUT2D eigenvalue weighted by Gasteiger charge is -2.61. The van der Waals surface area contributed by atoms with E-state index in [9.17, 15) is 10.2 Å². The number of aliphatic hydroxyl groups excluding tert-OH is 1. The first-order valence-corrected chi connectivity index (χ1v) is 9.61. The van der Waals surface area contributed by atoms with E-state index in [1.807, 2.05) is 0 Å². The van der Waals surface area contributed by atoms with E-state index in [2.05, 4.69) is 47.6 Å². The summed E-state index contributed by atoms with van der Waals surface area (Å²) in [6.07, 6.45) is 7.08. The maximum absolute atomic E-state index is 11.1. The minimum atomic E-state index is -0.854. The number of hydrogen-bond donors (Lipinski definition) is 2. The Morgan fingerprint density at radius 3 is 2.04 bits per heavy atom. The van der Waals surface area contributed by atoms with Crippen LogP contribution in [-0.4, -0.2) is 27.7 Å². The Labute approximate surface area is 147 Å². The average molecular weight is 337 g/mol. The fourth-order valence-electron chi connectivity index (χ4n) is 5.89. The molecule has 0 aliphatic heterocycles. The highest BCUT2D eigenvalue weighted by molar-refractivity contribution is 5.13. The molecule has 0 aromatic heterocycles. The number of rotatable bonds is 4. The zero-order valence-corrected chi connectivity index (χ0v) is 16.4. The third-order valence-electron chi connectivity index (χ3n) is 7.06. The van der Waals surface area contributed by atoms with Gasteiger partial charge >= 0.3 is 0 Å². The van der Waals surface area contributed by atoms with Crippen molar-refractivity contribution in [3.8, 4) is 0 Å². The highest BCUT2D eigenvalue weighted by Gasteiger charge is 2.59. The van der Waals surface area contributed by atoms with Gasteiger partial charge in [-0.2, -0.15) is 0 Å². The molecule has 4 unspecified atom stereocenters. The van der Waals surface area contributed by atoms with Gasteiger partial charge in [0.15, 0.2) is 6.29 Å². The molecular formula is C21H36O3. The summed E-state index contributed by atoms with van der Waals surface area (Å²) in [7, 11) is 0. The van der Waals surface area contributed by atoms with Crippen molar-refractivity contribution in [2.45, 2.75) is 97.6 Å². The summed E-state index contributed by atoms with van der Waals surface area (Å²) in [4.78, 5) is 0. The van der Waals surface area contributed by atoms with Gasteiger partial charge in [0.25, 0.3) is 0 Å². The maximum Gasteiger partial charge on any atom is 0.164 e. The van der Waals surface area contributed by atoms with Crippen LogP contribution in [-0.2, 0) is 4.74 Å². The van der Waals surface area contributed by atoms with Crippen LogP contribution < -0.4 is 0 Å². The van der Waals surface area contributed by atoms with Gasteiger partial charge in [-0.1, -0.05) is 39.3 Å². The van der Waals surface area contributed by atoms with Crippen LogP contribution in [0.15, 0.2) is 11.6 Å². The van der Waals surface area contributed by atoms with Gasteiger partial charge in [-0.15, -0.1) is 0 Å².